The number of aliphatic hydroxyl groups excluding tert-OH is 2. The summed E-state index contributed by atoms with van der Waals surface area (Å²) in [5.74, 6) is 0.560. The first-order valence-electron chi connectivity index (χ1n) is 5.72. The first-order valence-corrected chi connectivity index (χ1v) is 5.72. The fraction of sp³-hybridized carbons (Fsp3) is 0.462. The summed E-state index contributed by atoms with van der Waals surface area (Å²) >= 11 is 0. The molecule has 3 atom stereocenters. The van der Waals surface area contributed by atoms with E-state index in [1.54, 1.807) is 18.2 Å². The standard InChI is InChI=1S/C13H15NO4/c1-17-11-4-8(6-14)2-3-9(11)12-5-10(16)13(7-15)18-12/h2-4,10,12-13,15-16H,5,7H2,1H3/t10?,12-,13-/m1/s1. The van der Waals surface area contributed by atoms with Crippen LogP contribution in [0.15, 0.2) is 18.2 Å². The molecule has 96 valence electrons. The molecule has 1 unspecified atom stereocenters. The van der Waals surface area contributed by atoms with Gasteiger partial charge in [-0.2, -0.15) is 5.26 Å². The molecule has 0 spiro atoms. The van der Waals surface area contributed by atoms with E-state index in [2.05, 4.69) is 0 Å². The van der Waals surface area contributed by atoms with Crippen molar-refractivity contribution in [2.24, 2.45) is 0 Å². The molecule has 5 nitrogen and oxygen atoms in total. The molecule has 0 aromatic heterocycles. The fourth-order valence-electron chi connectivity index (χ4n) is 2.14. The zero-order valence-corrected chi connectivity index (χ0v) is 10.0. The van der Waals surface area contributed by atoms with Gasteiger partial charge in [0.1, 0.15) is 11.9 Å². The number of ether oxygens (including phenoxy) is 2. The lowest BCUT2D eigenvalue weighted by molar-refractivity contribution is -0.0230. The summed E-state index contributed by atoms with van der Waals surface area (Å²) in [6, 6.07) is 7.11. The third-order valence-electron chi connectivity index (χ3n) is 3.11. The third-order valence-corrected chi connectivity index (χ3v) is 3.11. The number of nitrogens with zero attached hydrogens (tertiary/aromatic N) is 1. The van der Waals surface area contributed by atoms with Gasteiger partial charge in [-0.15, -0.1) is 0 Å². The molecule has 0 saturated carbocycles. The summed E-state index contributed by atoms with van der Waals surface area (Å²) in [5.41, 5.74) is 1.29. The highest BCUT2D eigenvalue weighted by Crippen LogP contribution is 2.37. The summed E-state index contributed by atoms with van der Waals surface area (Å²) in [6.07, 6.45) is -1.15. The summed E-state index contributed by atoms with van der Waals surface area (Å²) in [4.78, 5) is 0. The van der Waals surface area contributed by atoms with Gasteiger partial charge in [0.15, 0.2) is 0 Å². The van der Waals surface area contributed by atoms with Gasteiger partial charge in [-0.1, -0.05) is 6.07 Å². The van der Waals surface area contributed by atoms with Crippen molar-refractivity contribution in [2.75, 3.05) is 13.7 Å². The summed E-state index contributed by atoms with van der Waals surface area (Å²) in [6.45, 7) is -0.212. The Hall–Kier alpha value is -1.61. The number of aliphatic hydroxyl groups is 2. The number of methoxy groups -OCH3 is 1. The van der Waals surface area contributed by atoms with Gasteiger partial charge in [0.05, 0.1) is 37.6 Å². The first kappa shape index (κ1) is 12.8. The molecular formula is C13H15NO4. The largest absolute Gasteiger partial charge is 0.496 e. The lowest BCUT2D eigenvalue weighted by Gasteiger charge is -2.15. The van der Waals surface area contributed by atoms with Crippen LogP contribution < -0.4 is 4.74 Å². The molecule has 2 N–H and O–H groups in total. The number of hydrogen-bond acceptors (Lipinski definition) is 5. The van der Waals surface area contributed by atoms with Gasteiger partial charge in [0.2, 0.25) is 0 Å². The van der Waals surface area contributed by atoms with Crippen molar-refractivity contribution in [3.8, 4) is 11.8 Å². The van der Waals surface area contributed by atoms with Gasteiger partial charge in [-0.25, -0.2) is 0 Å². The second-order valence-electron chi connectivity index (χ2n) is 4.22. The maximum atomic E-state index is 9.71. The quantitative estimate of drug-likeness (QED) is 0.826. The Balaban J connectivity index is 2.27. The van der Waals surface area contributed by atoms with Crippen LogP contribution in [0.2, 0.25) is 0 Å². The molecule has 1 aliphatic rings. The van der Waals surface area contributed by atoms with E-state index >= 15 is 0 Å². The molecule has 0 bridgehead atoms. The zero-order valence-electron chi connectivity index (χ0n) is 10.0. The smallest absolute Gasteiger partial charge is 0.125 e. The Morgan fingerprint density at radius 3 is 2.89 bits per heavy atom. The van der Waals surface area contributed by atoms with E-state index in [0.717, 1.165) is 5.56 Å². The SMILES string of the molecule is COc1cc(C#N)ccc1[C@H]1CC(O)[C@@H](CO)O1. The zero-order chi connectivity index (χ0) is 13.1. The minimum atomic E-state index is -0.680. The number of nitriles is 1. The maximum Gasteiger partial charge on any atom is 0.125 e. The monoisotopic (exact) mass is 249 g/mol. The fourth-order valence-corrected chi connectivity index (χ4v) is 2.14. The topological polar surface area (TPSA) is 82.7 Å². The minimum Gasteiger partial charge on any atom is -0.496 e. The predicted molar refractivity (Wildman–Crippen MR) is 63.0 cm³/mol. The number of benzene rings is 1. The van der Waals surface area contributed by atoms with Crippen molar-refractivity contribution in [3.63, 3.8) is 0 Å². The van der Waals surface area contributed by atoms with Crippen molar-refractivity contribution in [3.05, 3.63) is 29.3 Å². The molecule has 1 aromatic carbocycles. The van der Waals surface area contributed by atoms with Crippen molar-refractivity contribution in [1.82, 2.24) is 0 Å². The summed E-state index contributed by atoms with van der Waals surface area (Å²) in [5, 5.41) is 27.6. The van der Waals surface area contributed by atoms with Crippen molar-refractivity contribution < 1.29 is 19.7 Å². The van der Waals surface area contributed by atoms with Crippen LogP contribution in [0.5, 0.6) is 5.75 Å². The lowest BCUT2D eigenvalue weighted by Crippen LogP contribution is -2.24. The van der Waals surface area contributed by atoms with Crippen LogP contribution in [0.4, 0.5) is 0 Å². The van der Waals surface area contributed by atoms with Gasteiger partial charge in [0, 0.05) is 12.0 Å². The third kappa shape index (κ3) is 2.31. The molecular weight excluding hydrogens is 234 g/mol. The van der Waals surface area contributed by atoms with Gasteiger partial charge >= 0.3 is 0 Å². The van der Waals surface area contributed by atoms with E-state index in [9.17, 15) is 5.11 Å². The maximum absolute atomic E-state index is 9.71. The van der Waals surface area contributed by atoms with E-state index in [1.807, 2.05) is 6.07 Å². The molecule has 1 fully saturated rings. The number of hydrogen-bond donors (Lipinski definition) is 2. The molecule has 0 amide bonds. The summed E-state index contributed by atoms with van der Waals surface area (Å²) < 4.78 is 10.8. The van der Waals surface area contributed by atoms with Gasteiger partial charge in [-0.3, -0.25) is 0 Å². The van der Waals surface area contributed by atoms with E-state index in [-0.39, 0.29) is 12.7 Å². The normalized spacial score (nSPS) is 26.9. The Morgan fingerprint density at radius 1 is 1.56 bits per heavy atom. The van der Waals surface area contributed by atoms with Crippen LogP contribution in [0, 0.1) is 11.3 Å². The average molecular weight is 249 g/mol. The van der Waals surface area contributed by atoms with E-state index in [0.29, 0.717) is 17.7 Å². The van der Waals surface area contributed by atoms with Crippen LogP contribution in [-0.2, 0) is 4.74 Å². The van der Waals surface area contributed by atoms with E-state index in [1.165, 1.54) is 7.11 Å². The van der Waals surface area contributed by atoms with Crippen LogP contribution >= 0.6 is 0 Å². The molecule has 0 radical (unpaired) electrons. The minimum absolute atomic E-state index is 0.212. The Bertz CT molecular complexity index is 469. The highest BCUT2D eigenvalue weighted by Gasteiger charge is 2.35. The molecule has 2 rings (SSSR count). The van der Waals surface area contributed by atoms with Gasteiger partial charge in [0.25, 0.3) is 0 Å². The molecule has 18 heavy (non-hydrogen) atoms. The van der Waals surface area contributed by atoms with E-state index < -0.39 is 12.2 Å². The second kappa shape index (κ2) is 5.36. The number of rotatable bonds is 3. The molecule has 0 aliphatic carbocycles. The van der Waals surface area contributed by atoms with Crippen molar-refractivity contribution in [2.45, 2.75) is 24.7 Å². The average Bonchev–Trinajstić information content (AvgIpc) is 2.79. The Labute approximate surface area is 105 Å². The van der Waals surface area contributed by atoms with Crippen LogP contribution in [0.1, 0.15) is 23.7 Å². The van der Waals surface area contributed by atoms with Crippen LogP contribution in [0.3, 0.4) is 0 Å². The molecule has 1 saturated heterocycles. The molecule has 1 aromatic rings. The van der Waals surface area contributed by atoms with Crippen molar-refractivity contribution in [1.29, 1.82) is 5.26 Å². The van der Waals surface area contributed by atoms with Crippen LogP contribution in [0.25, 0.3) is 0 Å². The predicted octanol–water partition coefficient (Wildman–Crippen LogP) is 0.750. The Morgan fingerprint density at radius 2 is 2.33 bits per heavy atom. The second-order valence-corrected chi connectivity index (χ2v) is 4.22. The highest BCUT2D eigenvalue weighted by atomic mass is 16.5. The Kier molecular flexibility index (Phi) is 3.82. The van der Waals surface area contributed by atoms with Crippen LogP contribution in [-0.4, -0.2) is 36.1 Å². The van der Waals surface area contributed by atoms with Gasteiger partial charge in [-0.05, 0) is 12.1 Å². The highest BCUT2D eigenvalue weighted by molar-refractivity contribution is 5.43. The first-order chi connectivity index (χ1) is 8.69. The lowest BCUT2D eigenvalue weighted by atomic mass is 10.0. The molecule has 5 heteroatoms. The molecule has 1 heterocycles. The van der Waals surface area contributed by atoms with Crippen molar-refractivity contribution >= 4 is 0 Å². The summed E-state index contributed by atoms with van der Waals surface area (Å²) in [7, 11) is 1.52. The van der Waals surface area contributed by atoms with E-state index in [4.69, 9.17) is 19.8 Å². The van der Waals surface area contributed by atoms with Gasteiger partial charge < -0.3 is 19.7 Å². The molecule has 1 aliphatic heterocycles.